The molecule has 0 bridgehead atoms. The van der Waals surface area contributed by atoms with Gasteiger partial charge in [-0.05, 0) is 18.2 Å². The minimum Gasteiger partial charge on any atom is -0.386 e. The van der Waals surface area contributed by atoms with Gasteiger partial charge in [0.05, 0.1) is 11.1 Å². The number of aliphatic hydroxyl groups is 1. The highest BCUT2D eigenvalue weighted by Gasteiger charge is 2.37. The normalized spacial score (nSPS) is 13.8. The molecule has 0 aromatic heterocycles. The molecule has 0 fully saturated rings. The summed E-state index contributed by atoms with van der Waals surface area (Å²) in [7, 11) is 1.22. The summed E-state index contributed by atoms with van der Waals surface area (Å²) in [6.45, 7) is 3.24. The molecular weight excluding hydrogens is 320 g/mol. The minimum atomic E-state index is -4.96. The van der Waals surface area contributed by atoms with E-state index in [1.165, 1.54) is 7.05 Å². The first-order valence-electron chi connectivity index (χ1n) is 6.31. The van der Waals surface area contributed by atoms with Gasteiger partial charge in [-0.3, -0.25) is 9.59 Å². The number of alkyl halides is 3. The molecule has 5 nitrogen and oxygen atoms in total. The maximum atomic E-state index is 13.0. The molecule has 0 saturated carbocycles. The monoisotopic (exact) mass is 334 g/mol. The Morgan fingerprint density at radius 2 is 1.96 bits per heavy atom. The van der Waals surface area contributed by atoms with Gasteiger partial charge < -0.3 is 15.7 Å². The molecule has 0 spiro atoms. The molecule has 3 N–H and O–H groups in total. The Bertz CT molecular complexity index is 617. The van der Waals surface area contributed by atoms with Crippen LogP contribution in [-0.2, 0) is 11.0 Å². The third-order valence-electron chi connectivity index (χ3n) is 2.93. The lowest BCUT2D eigenvalue weighted by Crippen LogP contribution is -2.52. The third kappa shape index (κ3) is 4.52. The predicted octanol–water partition coefficient (Wildman–Crippen LogP) is 1.24. The van der Waals surface area contributed by atoms with Crippen LogP contribution in [0.1, 0.15) is 15.9 Å². The average Bonchev–Trinajstić information content (AvgIpc) is 2.49. The van der Waals surface area contributed by atoms with Gasteiger partial charge in [0.1, 0.15) is 18.0 Å². The van der Waals surface area contributed by atoms with Gasteiger partial charge in [0.25, 0.3) is 5.91 Å². The van der Waals surface area contributed by atoms with Gasteiger partial charge in [-0.2, -0.15) is 13.2 Å². The summed E-state index contributed by atoms with van der Waals surface area (Å²) in [5.74, 6) is -3.28. The lowest BCUT2D eigenvalue weighted by atomic mass is 10.0. The third-order valence-corrected chi connectivity index (χ3v) is 2.93. The second kappa shape index (κ2) is 7.23. The quantitative estimate of drug-likeness (QED) is 0.560. The summed E-state index contributed by atoms with van der Waals surface area (Å²) in [6, 6.07) is -0.0399. The molecular formula is C14H14F4N2O3. The maximum absolute atomic E-state index is 13.0. The number of rotatable bonds is 5. The van der Waals surface area contributed by atoms with Crippen LogP contribution in [0.5, 0.6) is 0 Å². The molecule has 0 aliphatic rings. The van der Waals surface area contributed by atoms with Crippen molar-refractivity contribution in [1.82, 2.24) is 10.6 Å². The second-order valence-corrected chi connectivity index (χ2v) is 4.48. The van der Waals surface area contributed by atoms with Crippen LogP contribution in [0.4, 0.5) is 17.6 Å². The summed E-state index contributed by atoms with van der Waals surface area (Å²) in [6.07, 6.45) is -5.54. The SMILES string of the molecule is C=CC(O)C(NC(=O)c1ccc(F)cc1C(F)(F)F)C(=O)NC. The van der Waals surface area contributed by atoms with E-state index in [4.69, 9.17) is 0 Å². The van der Waals surface area contributed by atoms with Gasteiger partial charge in [-0.1, -0.05) is 6.08 Å². The largest absolute Gasteiger partial charge is 0.417 e. The fourth-order valence-electron chi connectivity index (χ4n) is 1.77. The lowest BCUT2D eigenvalue weighted by Gasteiger charge is -2.21. The van der Waals surface area contributed by atoms with Gasteiger partial charge in [0.15, 0.2) is 0 Å². The van der Waals surface area contributed by atoms with Crippen LogP contribution in [0.15, 0.2) is 30.9 Å². The van der Waals surface area contributed by atoms with E-state index in [0.29, 0.717) is 12.1 Å². The van der Waals surface area contributed by atoms with E-state index in [0.717, 1.165) is 6.08 Å². The molecule has 2 unspecified atom stereocenters. The van der Waals surface area contributed by atoms with E-state index < -0.39 is 47.1 Å². The van der Waals surface area contributed by atoms with Crippen LogP contribution in [-0.4, -0.2) is 36.1 Å². The smallest absolute Gasteiger partial charge is 0.386 e. The molecule has 1 aromatic rings. The number of nitrogens with one attached hydrogen (secondary N) is 2. The van der Waals surface area contributed by atoms with E-state index in [-0.39, 0.29) is 6.07 Å². The van der Waals surface area contributed by atoms with Crippen molar-refractivity contribution in [1.29, 1.82) is 0 Å². The first kappa shape index (κ1) is 18.6. The Morgan fingerprint density at radius 3 is 2.43 bits per heavy atom. The van der Waals surface area contributed by atoms with E-state index in [1.807, 2.05) is 5.32 Å². The van der Waals surface area contributed by atoms with Crippen LogP contribution < -0.4 is 10.6 Å². The van der Waals surface area contributed by atoms with Crippen molar-refractivity contribution in [3.05, 3.63) is 47.8 Å². The zero-order valence-electron chi connectivity index (χ0n) is 11.9. The summed E-state index contributed by atoms with van der Waals surface area (Å²) in [4.78, 5) is 23.6. The van der Waals surface area contributed by atoms with Crippen LogP contribution in [0.3, 0.4) is 0 Å². The summed E-state index contributed by atoms with van der Waals surface area (Å²) >= 11 is 0. The number of likely N-dealkylation sites (N-methyl/N-ethyl adjacent to an activating group) is 1. The van der Waals surface area contributed by atoms with Crippen LogP contribution in [0.25, 0.3) is 0 Å². The maximum Gasteiger partial charge on any atom is 0.417 e. The first-order chi connectivity index (χ1) is 10.6. The number of hydrogen-bond donors (Lipinski definition) is 3. The van der Waals surface area contributed by atoms with Crippen LogP contribution >= 0.6 is 0 Å². The molecule has 2 atom stereocenters. The number of hydrogen-bond acceptors (Lipinski definition) is 3. The van der Waals surface area contributed by atoms with Crippen molar-refractivity contribution in [2.24, 2.45) is 0 Å². The van der Waals surface area contributed by atoms with Crippen molar-refractivity contribution in [3.8, 4) is 0 Å². The summed E-state index contributed by atoms with van der Waals surface area (Å²) < 4.78 is 51.7. The highest BCUT2D eigenvalue weighted by atomic mass is 19.4. The van der Waals surface area contributed by atoms with E-state index in [9.17, 15) is 32.3 Å². The number of carbonyl (C=O) groups is 2. The Hall–Kier alpha value is -2.42. The Balaban J connectivity index is 3.19. The lowest BCUT2D eigenvalue weighted by molar-refractivity contribution is -0.138. The molecule has 0 aliphatic carbocycles. The topological polar surface area (TPSA) is 78.4 Å². The number of amides is 2. The van der Waals surface area contributed by atoms with Gasteiger partial charge >= 0.3 is 6.18 Å². The molecule has 126 valence electrons. The molecule has 23 heavy (non-hydrogen) atoms. The van der Waals surface area contributed by atoms with Gasteiger partial charge in [-0.15, -0.1) is 6.58 Å². The number of carbonyl (C=O) groups excluding carboxylic acids is 2. The molecule has 9 heteroatoms. The van der Waals surface area contributed by atoms with Crippen molar-refractivity contribution < 1.29 is 32.3 Å². The van der Waals surface area contributed by atoms with Crippen molar-refractivity contribution in [2.45, 2.75) is 18.3 Å². The molecule has 1 rings (SSSR count). The van der Waals surface area contributed by atoms with Crippen LogP contribution in [0, 0.1) is 5.82 Å². The van der Waals surface area contributed by atoms with Crippen LogP contribution in [0.2, 0.25) is 0 Å². The number of benzene rings is 1. The minimum absolute atomic E-state index is 0.174. The summed E-state index contributed by atoms with van der Waals surface area (Å²) in [5.41, 5.74) is -2.36. The molecule has 0 saturated heterocycles. The fraction of sp³-hybridized carbons (Fsp3) is 0.286. The molecule has 0 heterocycles. The fourth-order valence-corrected chi connectivity index (χ4v) is 1.77. The van der Waals surface area contributed by atoms with Gasteiger partial charge in [0.2, 0.25) is 5.91 Å². The van der Waals surface area contributed by atoms with E-state index >= 15 is 0 Å². The van der Waals surface area contributed by atoms with Crippen molar-refractivity contribution >= 4 is 11.8 Å². The summed E-state index contributed by atoms with van der Waals surface area (Å²) in [5, 5.41) is 13.7. The average molecular weight is 334 g/mol. The van der Waals surface area contributed by atoms with E-state index in [1.54, 1.807) is 0 Å². The predicted molar refractivity (Wildman–Crippen MR) is 72.9 cm³/mol. The number of aliphatic hydroxyl groups excluding tert-OH is 1. The second-order valence-electron chi connectivity index (χ2n) is 4.48. The zero-order chi connectivity index (χ0) is 17.8. The Morgan fingerprint density at radius 1 is 1.35 bits per heavy atom. The van der Waals surface area contributed by atoms with Crippen molar-refractivity contribution in [2.75, 3.05) is 7.05 Å². The molecule has 0 radical (unpaired) electrons. The highest BCUT2D eigenvalue weighted by molar-refractivity contribution is 5.99. The van der Waals surface area contributed by atoms with Gasteiger partial charge in [-0.25, -0.2) is 4.39 Å². The highest BCUT2D eigenvalue weighted by Crippen LogP contribution is 2.32. The molecule has 2 amide bonds. The molecule has 0 aliphatic heterocycles. The van der Waals surface area contributed by atoms with E-state index in [2.05, 4.69) is 11.9 Å². The zero-order valence-corrected chi connectivity index (χ0v) is 11.9. The number of halogens is 4. The first-order valence-corrected chi connectivity index (χ1v) is 6.31. The Labute approximate surface area is 129 Å². The standard InChI is InChI=1S/C14H14F4N2O3/c1-3-10(21)11(13(23)19-2)20-12(22)8-5-4-7(15)6-9(8)14(16,17)18/h3-6,10-11,21H,1H2,2H3,(H,19,23)(H,20,22). The molecule has 1 aromatic carbocycles. The van der Waals surface area contributed by atoms with Gasteiger partial charge in [0, 0.05) is 7.05 Å². The van der Waals surface area contributed by atoms with Crippen molar-refractivity contribution in [3.63, 3.8) is 0 Å². The Kier molecular flexibility index (Phi) is 5.85.